The van der Waals surface area contributed by atoms with Crippen molar-refractivity contribution in [3.63, 3.8) is 0 Å². The second-order valence-electron chi connectivity index (χ2n) is 5.22. The Morgan fingerprint density at radius 3 is 1.50 bits per heavy atom. The van der Waals surface area contributed by atoms with E-state index in [1.54, 1.807) is 27.7 Å². The van der Waals surface area contributed by atoms with E-state index in [9.17, 15) is 14.8 Å². The third-order valence-corrected chi connectivity index (χ3v) is 3.37. The molecule has 0 saturated heterocycles. The zero-order valence-corrected chi connectivity index (χ0v) is 9.83. The molecule has 4 heteroatoms. The molecule has 0 atom stereocenters. The lowest BCUT2D eigenvalue weighted by Gasteiger charge is -2.33. The van der Waals surface area contributed by atoms with Crippen LogP contribution >= 0.6 is 0 Å². The van der Waals surface area contributed by atoms with Crippen molar-refractivity contribution in [2.24, 2.45) is 0 Å². The van der Waals surface area contributed by atoms with Crippen LogP contribution in [0.4, 0.5) is 0 Å². The van der Waals surface area contributed by atoms with Crippen LogP contribution in [0.15, 0.2) is 23.3 Å². The molecule has 0 aromatic heterocycles. The van der Waals surface area contributed by atoms with E-state index >= 15 is 0 Å². The summed E-state index contributed by atoms with van der Waals surface area (Å²) in [7, 11) is 0. The molecule has 1 aliphatic carbocycles. The number of nitrogens with zero attached hydrogens (tertiary/aromatic N) is 1. The SMILES string of the molecule is CC1(C)C2=C(C(=O)C=CC2=O)C(C)(C)N1[O]. The first kappa shape index (κ1) is 11.2. The first-order chi connectivity index (χ1) is 7.20. The van der Waals surface area contributed by atoms with Gasteiger partial charge in [0.2, 0.25) is 0 Å². The second-order valence-corrected chi connectivity index (χ2v) is 5.22. The number of hydrogen-bond acceptors (Lipinski definition) is 3. The Morgan fingerprint density at radius 2 is 1.19 bits per heavy atom. The summed E-state index contributed by atoms with van der Waals surface area (Å²) >= 11 is 0. The Hall–Kier alpha value is -1.26. The summed E-state index contributed by atoms with van der Waals surface area (Å²) in [5, 5.41) is 13.0. The number of carbonyl (C=O) groups is 2. The maximum atomic E-state index is 12.1. The Labute approximate surface area is 94.2 Å². The van der Waals surface area contributed by atoms with Crippen LogP contribution in [0.5, 0.6) is 0 Å². The highest BCUT2D eigenvalue weighted by Gasteiger charge is 2.56. The van der Waals surface area contributed by atoms with Crippen LogP contribution in [0.3, 0.4) is 0 Å². The van der Waals surface area contributed by atoms with E-state index in [0.717, 1.165) is 5.06 Å². The van der Waals surface area contributed by atoms with Gasteiger partial charge in [0.25, 0.3) is 0 Å². The third kappa shape index (κ3) is 1.11. The van der Waals surface area contributed by atoms with Crippen LogP contribution in [-0.4, -0.2) is 27.7 Å². The van der Waals surface area contributed by atoms with E-state index in [1.165, 1.54) is 12.2 Å². The van der Waals surface area contributed by atoms with Gasteiger partial charge in [0.1, 0.15) is 0 Å². The largest absolute Gasteiger partial charge is 0.290 e. The van der Waals surface area contributed by atoms with Gasteiger partial charge in [-0.3, -0.25) is 9.59 Å². The topological polar surface area (TPSA) is 57.3 Å². The van der Waals surface area contributed by atoms with E-state index in [1.807, 2.05) is 0 Å². The fourth-order valence-corrected chi connectivity index (χ4v) is 2.68. The summed E-state index contributed by atoms with van der Waals surface area (Å²) in [5.74, 6) is -0.461. The predicted molar refractivity (Wildman–Crippen MR) is 56.9 cm³/mol. The molecule has 0 amide bonds. The number of hydrogen-bond donors (Lipinski definition) is 0. The van der Waals surface area contributed by atoms with Crippen molar-refractivity contribution in [1.82, 2.24) is 5.06 Å². The van der Waals surface area contributed by atoms with Gasteiger partial charge in [-0.1, -0.05) is 0 Å². The lowest BCUT2D eigenvalue weighted by Crippen LogP contribution is -2.48. The second kappa shape index (κ2) is 2.90. The molecule has 0 bridgehead atoms. The molecule has 2 rings (SSSR count). The Balaban J connectivity index is 2.72. The fourth-order valence-electron chi connectivity index (χ4n) is 2.68. The number of allylic oxidation sites excluding steroid dienone is 2. The molecule has 2 aliphatic rings. The van der Waals surface area contributed by atoms with E-state index in [0.29, 0.717) is 11.1 Å². The number of hydroxylamine groups is 2. The van der Waals surface area contributed by atoms with Crippen LogP contribution in [0.25, 0.3) is 0 Å². The molecule has 0 fully saturated rings. The molecule has 0 aromatic rings. The zero-order valence-electron chi connectivity index (χ0n) is 9.83. The summed E-state index contributed by atoms with van der Waals surface area (Å²) in [6.07, 6.45) is 2.50. The molecular formula is C12H14NO3. The normalized spacial score (nSPS) is 27.6. The minimum absolute atomic E-state index is 0.231. The third-order valence-electron chi connectivity index (χ3n) is 3.37. The maximum Gasteiger partial charge on any atom is 0.184 e. The van der Waals surface area contributed by atoms with Gasteiger partial charge < -0.3 is 0 Å². The minimum Gasteiger partial charge on any atom is -0.290 e. The predicted octanol–water partition coefficient (Wildman–Crippen LogP) is 1.21. The smallest absolute Gasteiger partial charge is 0.184 e. The Bertz CT molecular complexity index is 415. The molecule has 85 valence electrons. The van der Waals surface area contributed by atoms with E-state index in [4.69, 9.17) is 0 Å². The molecule has 1 radical (unpaired) electrons. The van der Waals surface area contributed by atoms with Crippen molar-refractivity contribution < 1.29 is 14.8 Å². The number of rotatable bonds is 0. The standard InChI is InChI=1S/C12H14NO3/c1-11(2)9-7(14)5-6-8(15)10(9)12(3,4)13(11)16/h5-6H,1-4H3. The van der Waals surface area contributed by atoms with Crippen LogP contribution in [-0.2, 0) is 14.8 Å². The summed E-state index contributed by atoms with van der Waals surface area (Å²) in [5.41, 5.74) is -1.17. The number of ketones is 2. The lowest BCUT2D eigenvalue weighted by molar-refractivity contribution is -0.239. The van der Waals surface area contributed by atoms with Crippen molar-refractivity contribution in [2.45, 2.75) is 38.8 Å². The zero-order chi connectivity index (χ0) is 12.3. The summed E-state index contributed by atoms with van der Waals surface area (Å²) < 4.78 is 0. The number of carbonyl (C=O) groups excluding carboxylic acids is 2. The Morgan fingerprint density at radius 1 is 0.875 bits per heavy atom. The van der Waals surface area contributed by atoms with Crippen LogP contribution < -0.4 is 0 Å². The van der Waals surface area contributed by atoms with Crippen molar-refractivity contribution in [2.75, 3.05) is 0 Å². The van der Waals surface area contributed by atoms with E-state index in [2.05, 4.69) is 0 Å². The summed E-state index contributed by atoms with van der Waals surface area (Å²) in [4.78, 5) is 23.6. The molecule has 1 aliphatic heterocycles. The van der Waals surface area contributed by atoms with Gasteiger partial charge in [0.15, 0.2) is 11.6 Å². The first-order valence-electron chi connectivity index (χ1n) is 5.20. The highest BCUT2D eigenvalue weighted by atomic mass is 16.5. The van der Waals surface area contributed by atoms with Gasteiger partial charge in [-0.25, -0.2) is 0 Å². The van der Waals surface area contributed by atoms with Crippen LogP contribution in [0.2, 0.25) is 0 Å². The average molecular weight is 220 g/mol. The molecule has 16 heavy (non-hydrogen) atoms. The fraction of sp³-hybridized carbons (Fsp3) is 0.500. The van der Waals surface area contributed by atoms with Crippen LogP contribution in [0, 0.1) is 0 Å². The van der Waals surface area contributed by atoms with Crippen molar-refractivity contribution >= 4 is 11.6 Å². The minimum atomic E-state index is -0.934. The van der Waals surface area contributed by atoms with Gasteiger partial charge in [0, 0.05) is 11.1 Å². The van der Waals surface area contributed by atoms with Crippen LogP contribution in [0.1, 0.15) is 27.7 Å². The highest BCUT2D eigenvalue weighted by molar-refractivity contribution is 6.22. The summed E-state index contributed by atoms with van der Waals surface area (Å²) in [6, 6.07) is 0. The monoisotopic (exact) mass is 220 g/mol. The van der Waals surface area contributed by atoms with E-state index < -0.39 is 11.1 Å². The van der Waals surface area contributed by atoms with Crippen molar-refractivity contribution in [3.05, 3.63) is 23.3 Å². The lowest BCUT2D eigenvalue weighted by atomic mass is 9.82. The van der Waals surface area contributed by atoms with Gasteiger partial charge in [-0.2, -0.15) is 0 Å². The molecule has 0 aromatic carbocycles. The quantitative estimate of drug-likeness (QED) is 0.576. The molecule has 0 unspecified atom stereocenters. The maximum absolute atomic E-state index is 12.1. The molecule has 4 nitrogen and oxygen atoms in total. The molecular weight excluding hydrogens is 206 g/mol. The summed E-state index contributed by atoms with van der Waals surface area (Å²) in [6.45, 7) is 6.70. The molecule has 0 spiro atoms. The van der Waals surface area contributed by atoms with Crippen molar-refractivity contribution in [1.29, 1.82) is 0 Å². The van der Waals surface area contributed by atoms with Gasteiger partial charge >= 0.3 is 0 Å². The molecule has 0 saturated carbocycles. The van der Waals surface area contributed by atoms with Gasteiger partial charge in [-0.05, 0) is 39.8 Å². The molecule has 1 heterocycles. The Kier molecular flexibility index (Phi) is 2.03. The van der Waals surface area contributed by atoms with E-state index in [-0.39, 0.29) is 11.6 Å². The average Bonchev–Trinajstić information content (AvgIpc) is 2.32. The van der Waals surface area contributed by atoms with Gasteiger partial charge in [-0.15, -0.1) is 10.3 Å². The molecule has 0 N–H and O–H groups in total. The van der Waals surface area contributed by atoms with Crippen molar-refractivity contribution in [3.8, 4) is 0 Å². The first-order valence-corrected chi connectivity index (χ1v) is 5.20. The highest BCUT2D eigenvalue weighted by Crippen LogP contribution is 2.46. The van der Waals surface area contributed by atoms with Gasteiger partial charge in [0.05, 0.1) is 11.1 Å².